The van der Waals surface area contributed by atoms with Crippen molar-refractivity contribution < 1.29 is 8.95 Å². The van der Waals surface area contributed by atoms with Crippen LogP contribution in [0.2, 0.25) is 0 Å². The average molecular weight is 368 g/mol. The molecule has 2 rings (SSSR count). The largest absolute Gasteiger partial charge is 0.496 e. The van der Waals surface area contributed by atoms with Crippen molar-refractivity contribution in [2.24, 2.45) is 5.73 Å². The molecule has 3 nitrogen and oxygen atoms in total. The van der Waals surface area contributed by atoms with E-state index in [0.29, 0.717) is 5.75 Å². The number of methoxy groups -OCH3 is 1. The number of hydrogen-bond donors (Lipinski definition) is 1. The number of hydrogen-bond acceptors (Lipinski definition) is 3. The molecular weight excluding hydrogens is 350 g/mol. The molecule has 0 aromatic heterocycles. The van der Waals surface area contributed by atoms with E-state index in [1.165, 1.54) is 0 Å². The van der Waals surface area contributed by atoms with Crippen molar-refractivity contribution in [2.45, 2.75) is 23.6 Å². The molecule has 0 fully saturated rings. The molecule has 0 aliphatic heterocycles. The second kappa shape index (κ2) is 7.20. The zero-order valence-corrected chi connectivity index (χ0v) is 14.4. The zero-order chi connectivity index (χ0) is 15.4. The SMILES string of the molecule is COc1ccc(C(C)N)cc1CS(=O)c1ccccc1Br. The van der Waals surface area contributed by atoms with E-state index in [0.717, 1.165) is 26.2 Å². The second-order valence-electron chi connectivity index (χ2n) is 4.78. The van der Waals surface area contributed by atoms with Crippen LogP contribution in [0.4, 0.5) is 0 Å². The Morgan fingerprint density at radius 2 is 2.00 bits per heavy atom. The quantitative estimate of drug-likeness (QED) is 0.874. The predicted octanol–water partition coefficient (Wildman–Crippen LogP) is 3.79. The van der Waals surface area contributed by atoms with Gasteiger partial charge in [0.1, 0.15) is 5.75 Å². The number of benzene rings is 2. The standard InChI is InChI=1S/C16H18BrNO2S/c1-11(18)12-7-8-15(20-2)13(9-12)10-21(19)16-6-4-3-5-14(16)17/h3-9,11H,10,18H2,1-2H3. The maximum atomic E-state index is 12.6. The summed E-state index contributed by atoms with van der Waals surface area (Å²) in [4.78, 5) is 0.783. The molecule has 112 valence electrons. The van der Waals surface area contributed by atoms with E-state index in [1.807, 2.05) is 49.4 Å². The van der Waals surface area contributed by atoms with E-state index in [9.17, 15) is 4.21 Å². The summed E-state index contributed by atoms with van der Waals surface area (Å²) in [6.07, 6.45) is 0. The van der Waals surface area contributed by atoms with E-state index in [1.54, 1.807) is 7.11 Å². The summed E-state index contributed by atoms with van der Waals surface area (Å²) in [5.41, 5.74) is 7.83. The third-order valence-corrected chi connectivity index (χ3v) is 5.57. The Bertz CT molecular complexity index is 658. The van der Waals surface area contributed by atoms with Crippen LogP contribution >= 0.6 is 15.9 Å². The lowest BCUT2D eigenvalue weighted by Crippen LogP contribution is -2.07. The fraction of sp³-hybridized carbons (Fsp3) is 0.250. The van der Waals surface area contributed by atoms with E-state index in [2.05, 4.69) is 15.9 Å². The second-order valence-corrected chi connectivity index (χ2v) is 7.05. The van der Waals surface area contributed by atoms with Crippen molar-refractivity contribution >= 4 is 26.7 Å². The van der Waals surface area contributed by atoms with Crippen LogP contribution < -0.4 is 10.5 Å². The lowest BCUT2D eigenvalue weighted by atomic mass is 10.1. The maximum absolute atomic E-state index is 12.6. The molecule has 2 unspecified atom stereocenters. The van der Waals surface area contributed by atoms with Crippen molar-refractivity contribution in [3.63, 3.8) is 0 Å². The molecule has 2 N–H and O–H groups in total. The van der Waals surface area contributed by atoms with Gasteiger partial charge in [-0.3, -0.25) is 4.21 Å². The molecule has 2 atom stereocenters. The molecule has 0 aliphatic rings. The summed E-state index contributed by atoms with van der Waals surface area (Å²) in [5.74, 6) is 1.13. The number of rotatable bonds is 5. The maximum Gasteiger partial charge on any atom is 0.123 e. The highest BCUT2D eigenvalue weighted by Gasteiger charge is 2.13. The fourth-order valence-corrected chi connectivity index (χ4v) is 4.05. The predicted molar refractivity (Wildman–Crippen MR) is 89.9 cm³/mol. The van der Waals surface area contributed by atoms with Crippen molar-refractivity contribution in [2.75, 3.05) is 7.11 Å². The summed E-state index contributed by atoms with van der Waals surface area (Å²) in [6.45, 7) is 1.93. The topological polar surface area (TPSA) is 52.3 Å². The lowest BCUT2D eigenvalue weighted by Gasteiger charge is -2.13. The molecule has 0 heterocycles. The third kappa shape index (κ3) is 3.93. The van der Waals surface area contributed by atoms with Crippen LogP contribution in [0.5, 0.6) is 5.75 Å². The first kappa shape index (κ1) is 16.2. The molecule has 2 aromatic carbocycles. The first-order valence-corrected chi connectivity index (χ1v) is 8.69. The Hall–Kier alpha value is -1.17. The van der Waals surface area contributed by atoms with Crippen LogP contribution in [0.3, 0.4) is 0 Å². The fourth-order valence-electron chi connectivity index (χ4n) is 2.04. The van der Waals surface area contributed by atoms with Crippen molar-refractivity contribution in [1.29, 1.82) is 0 Å². The van der Waals surface area contributed by atoms with Crippen LogP contribution in [0.1, 0.15) is 24.1 Å². The zero-order valence-electron chi connectivity index (χ0n) is 12.0. The summed E-state index contributed by atoms with van der Waals surface area (Å²) >= 11 is 3.44. The summed E-state index contributed by atoms with van der Waals surface area (Å²) in [6, 6.07) is 13.3. The van der Waals surface area contributed by atoms with Gasteiger partial charge in [0.25, 0.3) is 0 Å². The van der Waals surface area contributed by atoms with Crippen LogP contribution in [-0.4, -0.2) is 11.3 Å². The molecule has 0 saturated carbocycles. The Morgan fingerprint density at radius 3 is 2.62 bits per heavy atom. The minimum atomic E-state index is -1.15. The van der Waals surface area contributed by atoms with E-state index in [-0.39, 0.29) is 6.04 Å². The Morgan fingerprint density at radius 1 is 1.29 bits per heavy atom. The van der Waals surface area contributed by atoms with Gasteiger partial charge in [0.05, 0.1) is 28.6 Å². The van der Waals surface area contributed by atoms with Crippen LogP contribution in [-0.2, 0) is 16.6 Å². The average Bonchev–Trinajstić information content (AvgIpc) is 2.47. The van der Waals surface area contributed by atoms with Crippen molar-refractivity contribution in [1.82, 2.24) is 0 Å². The molecule has 0 amide bonds. The molecule has 2 aromatic rings. The van der Waals surface area contributed by atoms with Gasteiger partial charge in [0, 0.05) is 16.1 Å². The van der Waals surface area contributed by atoms with E-state index >= 15 is 0 Å². The van der Waals surface area contributed by atoms with Gasteiger partial charge in [-0.25, -0.2) is 0 Å². The number of nitrogens with two attached hydrogens (primary N) is 1. The summed E-state index contributed by atoms with van der Waals surface area (Å²) in [5, 5.41) is 0. The summed E-state index contributed by atoms with van der Waals surface area (Å²) in [7, 11) is 0.470. The van der Waals surface area contributed by atoms with Crippen molar-refractivity contribution in [3.05, 3.63) is 58.1 Å². The first-order valence-electron chi connectivity index (χ1n) is 6.58. The molecular formula is C16H18BrNO2S. The molecule has 0 spiro atoms. The van der Waals surface area contributed by atoms with Crippen molar-refractivity contribution in [3.8, 4) is 5.75 Å². The smallest absolute Gasteiger partial charge is 0.123 e. The highest BCUT2D eigenvalue weighted by atomic mass is 79.9. The Labute approximate surface area is 136 Å². The highest BCUT2D eigenvalue weighted by Crippen LogP contribution is 2.27. The molecule has 0 radical (unpaired) electrons. The van der Waals surface area contributed by atoms with Gasteiger partial charge in [0.15, 0.2) is 0 Å². The Balaban J connectivity index is 2.32. The van der Waals surface area contributed by atoms with Gasteiger partial charge in [-0.05, 0) is 52.7 Å². The van der Waals surface area contributed by atoms with E-state index in [4.69, 9.17) is 10.5 Å². The van der Waals surface area contributed by atoms with Gasteiger partial charge < -0.3 is 10.5 Å². The van der Waals surface area contributed by atoms with Crippen LogP contribution in [0.25, 0.3) is 0 Å². The van der Waals surface area contributed by atoms with Gasteiger partial charge in [-0.15, -0.1) is 0 Å². The monoisotopic (exact) mass is 367 g/mol. The molecule has 5 heteroatoms. The normalized spacial score (nSPS) is 13.7. The minimum absolute atomic E-state index is 0.0634. The van der Waals surface area contributed by atoms with Gasteiger partial charge >= 0.3 is 0 Å². The molecule has 0 saturated heterocycles. The first-order chi connectivity index (χ1) is 10.0. The molecule has 0 aliphatic carbocycles. The number of halogens is 1. The van der Waals surface area contributed by atoms with Crippen LogP contribution in [0.15, 0.2) is 51.8 Å². The van der Waals surface area contributed by atoms with Gasteiger partial charge in [0.2, 0.25) is 0 Å². The van der Waals surface area contributed by atoms with Gasteiger partial charge in [-0.2, -0.15) is 0 Å². The molecule has 0 bridgehead atoms. The summed E-state index contributed by atoms with van der Waals surface area (Å²) < 4.78 is 18.8. The third-order valence-electron chi connectivity index (χ3n) is 3.20. The Kier molecular flexibility index (Phi) is 5.56. The minimum Gasteiger partial charge on any atom is -0.496 e. The molecule has 21 heavy (non-hydrogen) atoms. The van der Waals surface area contributed by atoms with E-state index < -0.39 is 10.8 Å². The highest BCUT2D eigenvalue weighted by molar-refractivity contribution is 9.10. The van der Waals surface area contributed by atoms with Crippen LogP contribution in [0, 0.1) is 0 Å². The lowest BCUT2D eigenvalue weighted by molar-refractivity contribution is 0.411. The van der Waals surface area contributed by atoms with Gasteiger partial charge in [-0.1, -0.05) is 18.2 Å². The number of ether oxygens (including phenoxy) is 1.